The lowest BCUT2D eigenvalue weighted by Crippen LogP contribution is -2.44. The molecule has 0 aliphatic heterocycles. The van der Waals surface area contributed by atoms with Crippen molar-refractivity contribution < 1.29 is 42.9 Å². The summed E-state index contributed by atoms with van der Waals surface area (Å²) in [6.07, 6.45) is 97.5. The van der Waals surface area contributed by atoms with Crippen molar-refractivity contribution in [1.82, 2.24) is 0 Å². The van der Waals surface area contributed by atoms with Gasteiger partial charge < -0.3 is 33.3 Å². The summed E-state index contributed by atoms with van der Waals surface area (Å²) < 4.78 is 22.9. The maximum Gasteiger partial charge on any atom is 0.306 e. The van der Waals surface area contributed by atoms with Gasteiger partial charge in [0.15, 0.2) is 12.4 Å². The molecule has 0 amide bonds. The molecule has 0 aromatic rings. The van der Waals surface area contributed by atoms with E-state index in [1.807, 2.05) is 21.1 Å². The number of carbonyl (C=O) groups excluding carboxylic acids is 3. The summed E-state index contributed by atoms with van der Waals surface area (Å²) in [5.41, 5.74) is 0. The standard InChI is InChI=1S/C84H153NO8/c1-6-8-10-12-14-16-18-20-22-24-26-28-30-32-34-36-37-38-39-40-41-42-43-44-45-47-48-50-52-54-56-58-60-62-64-66-68-70-72-74-81(86)91-78-80(79-92-84(83(88)89)90-77-76-85(3,4)5)93-82(87)75-73-71-69-67-65-63-61-59-57-55-53-51-49-46-35-33-31-29-27-25-23-21-19-17-15-13-11-9-7-2/h9,11,15,17,21,23,27,29,33,35,49,51,80,84H,6-8,10,12-14,16,18-20,22,24-26,28,30-32,34,36-48,50,52-79H2,1-5H3/b11-9-,17-15-,23-21-,29-27-,35-33-,51-49-. The molecular formula is C84H153NO8. The normalized spacial score (nSPS) is 13.0. The number of aliphatic carboxylic acids is 1. The average molecular weight is 1310 g/mol. The van der Waals surface area contributed by atoms with Gasteiger partial charge in [-0.2, -0.15) is 0 Å². The summed E-state index contributed by atoms with van der Waals surface area (Å²) in [5, 5.41) is 11.9. The van der Waals surface area contributed by atoms with Crippen molar-refractivity contribution in [3.8, 4) is 0 Å². The number of quaternary nitrogens is 1. The van der Waals surface area contributed by atoms with Crippen LogP contribution in [0.5, 0.6) is 0 Å². The first-order valence-electron chi connectivity index (χ1n) is 40.1. The van der Waals surface area contributed by atoms with Crippen LogP contribution in [0.1, 0.15) is 386 Å². The maximum atomic E-state index is 13.0. The monoisotopic (exact) mass is 1300 g/mol. The minimum atomic E-state index is -1.63. The van der Waals surface area contributed by atoms with Crippen molar-refractivity contribution in [1.29, 1.82) is 0 Å². The first-order chi connectivity index (χ1) is 45.6. The Hall–Kier alpha value is -3.27. The van der Waals surface area contributed by atoms with Crippen molar-refractivity contribution in [2.24, 2.45) is 0 Å². The molecule has 0 heterocycles. The molecule has 0 fully saturated rings. The Morgan fingerprint density at radius 1 is 0.333 bits per heavy atom. The molecule has 0 saturated heterocycles. The van der Waals surface area contributed by atoms with E-state index in [9.17, 15) is 19.5 Å². The molecule has 0 aliphatic carbocycles. The third-order valence-corrected chi connectivity index (χ3v) is 18.0. The number of rotatable bonds is 75. The predicted octanol–water partition coefficient (Wildman–Crippen LogP) is 24.3. The summed E-state index contributed by atoms with van der Waals surface area (Å²) >= 11 is 0. The predicted molar refractivity (Wildman–Crippen MR) is 398 cm³/mol. The Labute approximate surface area is 577 Å². The lowest BCUT2D eigenvalue weighted by atomic mass is 10.0. The van der Waals surface area contributed by atoms with Gasteiger partial charge in [-0.15, -0.1) is 0 Å². The van der Waals surface area contributed by atoms with E-state index < -0.39 is 24.3 Å². The summed E-state index contributed by atoms with van der Waals surface area (Å²) in [4.78, 5) is 37.6. The molecule has 0 radical (unpaired) electrons. The molecule has 0 spiro atoms. The Bertz CT molecular complexity index is 1760. The fraction of sp³-hybridized carbons (Fsp3) is 0.821. The van der Waals surface area contributed by atoms with E-state index in [0.717, 1.165) is 83.5 Å². The summed E-state index contributed by atoms with van der Waals surface area (Å²) in [6.45, 7) is 4.69. The quantitative estimate of drug-likeness (QED) is 0.0195. The Morgan fingerprint density at radius 3 is 0.914 bits per heavy atom. The highest BCUT2D eigenvalue weighted by Gasteiger charge is 2.22. The summed E-state index contributed by atoms with van der Waals surface area (Å²) in [6, 6.07) is 0. The van der Waals surface area contributed by atoms with Crippen LogP contribution in [-0.4, -0.2) is 82.3 Å². The molecule has 93 heavy (non-hydrogen) atoms. The van der Waals surface area contributed by atoms with Gasteiger partial charge in [0.25, 0.3) is 0 Å². The number of esters is 2. The van der Waals surface area contributed by atoms with Gasteiger partial charge in [0.1, 0.15) is 13.2 Å². The number of nitrogens with zero attached hydrogens (tertiary/aromatic N) is 1. The van der Waals surface area contributed by atoms with Gasteiger partial charge in [-0.1, -0.05) is 382 Å². The number of hydrogen-bond donors (Lipinski definition) is 0. The second-order valence-corrected chi connectivity index (χ2v) is 28.3. The largest absolute Gasteiger partial charge is 0.545 e. The summed E-state index contributed by atoms with van der Waals surface area (Å²) in [5.74, 6) is -2.27. The van der Waals surface area contributed by atoms with Crippen LogP contribution >= 0.6 is 0 Å². The van der Waals surface area contributed by atoms with Crippen molar-refractivity contribution in [3.63, 3.8) is 0 Å². The zero-order valence-electron chi connectivity index (χ0n) is 62.1. The molecule has 542 valence electrons. The third kappa shape index (κ3) is 76.0. The van der Waals surface area contributed by atoms with Crippen LogP contribution in [0.2, 0.25) is 0 Å². The number of unbranched alkanes of at least 4 members (excludes halogenated alkanes) is 48. The van der Waals surface area contributed by atoms with E-state index in [1.54, 1.807) is 0 Å². The minimum absolute atomic E-state index is 0.146. The molecule has 9 heteroatoms. The number of carboxylic acids is 1. The molecule has 2 unspecified atom stereocenters. The van der Waals surface area contributed by atoms with E-state index in [-0.39, 0.29) is 32.2 Å². The topological polar surface area (TPSA) is 111 Å². The van der Waals surface area contributed by atoms with Gasteiger partial charge in [0, 0.05) is 12.8 Å². The lowest BCUT2D eigenvalue weighted by molar-refractivity contribution is -0.870. The van der Waals surface area contributed by atoms with Crippen molar-refractivity contribution >= 4 is 17.9 Å². The van der Waals surface area contributed by atoms with Crippen LogP contribution in [0.4, 0.5) is 0 Å². The smallest absolute Gasteiger partial charge is 0.306 e. The van der Waals surface area contributed by atoms with Crippen molar-refractivity contribution in [2.45, 2.75) is 399 Å². The Balaban J connectivity index is 3.98. The Kier molecular flexibility index (Phi) is 71.9. The van der Waals surface area contributed by atoms with Gasteiger partial charge in [0.2, 0.25) is 0 Å². The molecule has 2 atom stereocenters. The molecule has 0 N–H and O–H groups in total. The Morgan fingerprint density at radius 2 is 0.613 bits per heavy atom. The molecule has 0 aromatic carbocycles. The first-order valence-corrected chi connectivity index (χ1v) is 40.1. The second-order valence-electron chi connectivity index (χ2n) is 28.3. The molecular weight excluding hydrogens is 1150 g/mol. The number of carbonyl (C=O) groups is 3. The van der Waals surface area contributed by atoms with Gasteiger partial charge in [0.05, 0.1) is 40.3 Å². The average Bonchev–Trinajstić information content (AvgIpc) is 3.74. The molecule has 9 nitrogen and oxygen atoms in total. The first kappa shape index (κ1) is 89.7. The van der Waals surface area contributed by atoms with Gasteiger partial charge in [-0.3, -0.25) is 9.59 Å². The maximum absolute atomic E-state index is 13.0. The molecule has 0 aliphatic rings. The fourth-order valence-electron chi connectivity index (χ4n) is 11.9. The van der Waals surface area contributed by atoms with Gasteiger partial charge in [-0.05, 0) is 64.2 Å². The van der Waals surface area contributed by atoms with Crippen LogP contribution in [0.15, 0.2) is 72.9 Å². The van der Waals surface area contributed by atoms with Gasteiger partial charge in [-0.25, -0.2) is 0 Å². The zero-order chi connectivity index (χ0) is 67.5. The van der Waals surface area contributed by atoms with E-state index in [4.69, 9.17) is 18.9 Å². The minimum Gasteiger partial charge on any atom is -0.545 e. The highest BCUT2D eigenvalue weighted by Crippen LogP contribution is 2.20. The molecule has 0 bridgehead atoms. The van der Waals surface area contributed by atoms with Crippen LogP contribution in [0, 0.1) is 0 Å². The fourth-order valence-corrected chi connectivity index (χ4v) is 11.9. The molecule has 0 rings (SSSR count). The van der Waals surface area contributed by atoms with Crippen LogP contribution < -0.4 is 5.11 Å². The highest BCUT2D eigenvalue weighted by molar-refractivity contribution is 5.70. The number of ether oxygens (including phenoxy) is 4. The van der Waals surface area contributed by atoms with Crippen LogP contribution in [-0.2, 0) is 33.3 Å². The van der Waals surface area contributed by atoms with E-state index in [1.165, 1.54) is 270 Å². The molecule has 0 aromatic heterocycles. The van der Waals surface area contributed by atoms with Crippen molar-refractivity contribution in [3.05, 3.63) is 72.9 Å². The third-order valence-electron chi connectivity index (χ3n) is 18.0. The van der Waals surface area contributed by atoms with Crippen LogP contribution in [0.3, 0.4) is 0 Å². The summed E-state index contributed by atoms with van der Waals surface area (Å²) in [7, 11) is 5.94. The van der Waals surface area contributed by atoms with Crippen molar-refractivity contribution in [2.75, 3.05) is 47.5 Å². The van der Waals surface area contributed by atoms with E-state index in [0.29, 0.717) is 23.9 Å². The van der Waals surface area contributed by atoms with E-state index >= 15 is 0 Å². The van der Waals surface area contributed by atoms with Crippen LogP contribution in [0.25, 0.3) is 0 Å². The lowest BCUT2D eigenvalue weighted by Gasteiger charge is -2.26. The zero-order valence-corrected chi connectivity index (χ0v) is 62.1. The SMILES string of the molecule is CC/C=C\C/C=C\C/C=C\C/C=C\C/C=C\C/C=C\CCCCCCCCCCCCC(=O)OC(COC(=O)CCCCCCCCCCCCCCCCCCCCCCCCCCCCCCCCCCCCCCCCC)COC(OCC[N+](C)(C)C)C(=O)[O-]. The number of carboxylic acid groups (broad SMARTS) is 1. The second kappa shape index (κ2) is 74.5. The highest BCUT2D eigenvalue weighted by atomic mass is 16.7. The number of allylic oxidation sites excluding steroid dienone is 12. The number of likely N-dealkylation sites (N-methyl/N-ethyl adjacent to an activating group) is 1. The van der Waals surface area contributed by atoms with Gasteiger partial charge >= 0.3 is 11.9 Å². The molecule has 0 saturated carbocycles. The van der Waals surface area contributed by atoms with E-state index in [2.05, 4.69) is 86.8 Å². The number of hydrogen-bond acceptors (Lipinski definition) is 8.